The zero-order valence-corrected chi connectivity index (χ0v) is 17.3. The molecular formula is C25H24N2O3. The monoisotopic (exact) mass is 400 g/mol. The SMILES string of the molecule is COc1cccc([C@@H](CNC(=O)c2ccc3c(c2)C(=O)c2ccccc2-3)N(C)C)c1. The third kappa shape index (κ3) is 3.60. The number of methoxy groups -OCH3 is 1. The Morgan fingerprint density at radius 1 is 0.933 bits per heavy atom. The van der Waals surface area contributed by atoms with Crippen LogP contribution in [0.2, 0.25) is 0 Å². The quantitative estimate of drug-likeness (QED) is 0.533. The molecule has 3 aromatic rings. The summed E-state index contributed by atoms with van der Waals surface area (Å²) in [5.41, 5.74) is 4.62. The van der Waals surface area contributed by atoms with Crippen LogP contribution < -0.4 is 10.1 Å². The number of carbonyl (C=O) groups excluding carboxylic acids is 2. The van der Waals surface area contributed by atoms with Gasteiger partial charge in [-0.2, -0.15) is 0 Å². The third-order valence-electron chi connectivity index (χ3n) is 5.55. The maximum atomic E-state index is 12.8. The Kier molecular flexibility index (Phi) is 5.38. The molecule has 0 aromatic heterocycles. The van der Waals surface area contributed by atoms with Crippen LogP contribution >= 0.6 is 0 Å². The number of nitrogens with zero attached hydrogens (tertiary/aromatic N) is 1. The Hall–Kier alpha value is -3.44. The zero-order valence-electron chi connectivity index (χ0n) is 17.3. The minimum absolute atomic E-state index is 0.00985. The van der Waals surface area contributed by atoms with Crippen LogP contribution in [0.1, 0.15) is 37.9 Å². The number of nitrogens with one attached hydrogen (secondary N) is 1. The van der Waals surface area contributed by atoms with E-state index in [1.807, 2.05) is 68.7 Å². The lowest BCUT2D eigenvalue weighted by Gasteiger charge is -2.25. The van der Waals surface area contributed by atoms with Gasteiger partial charge in [0.05, 0.1) is 13.2 Å². The number of likely N-dealkylation sites (N-methyl/N-ethyl adjacent to an activating group) is 1. The summed E-state index contributed by atoms with van der Waals surface area (Å²) >= 11 is 0. The van der Waals surface area contributed by atoms with Gasteiger partial charge in [0.1, 0.15) is 5.75 Å². The van der Waals surface area contributed by atoms with Gasteiger partial charge in [-0.25, -0.2) is 0 Å². The first-order valence-corrected chi connectivity index (χ1v) is 9.86. The fourth-order valence-corrected chi connectivity index (χ4v) is 3.91. The first kappa shape index (κ1) is 19.9. The summed E-state index contributed by atoms with van der Waals surface area (Å²) < 4.78 is 5.32. The average molecular weight is 400 g/mol. The molecule has 0 radical (unpaired) electrons. The van der Waals surface area contributed by atoms with E-state index in [-0.39, 0.29) is 17.7 Å². The standard InChI is InChI=1S/C25H24N2O3/c1-27(2)23(16-7-6-8-18(13-16)30-3)15-26-25(29)17-11-12-20-19-9-4-5-10-21(19)24(28)22(20)14-17/h4-14,23H,15H2,1-3H3,(H,26,29)/t23-/m1/s1. The first-order chi connectivity index (χ1) is 14.5. The predicted octanol–water partition coefficient (Wildman–Crippen LogP) is 3.94. The van der Waals surface area contributed by atoms with E-state index in [1.165, 1.54) is 0 Å². The van der Waals surface area contributed by atoms with Crippen LogP contribution in [0.15, 0.2) is 66.7 Å². The molecule has 30 heavy (non-hydrogen) atoms. The molecule has 0 saturated heterocycles. The van der Waals surface area contributed by atoms with Crippen LogP contribution in [-0.2, 0) is 0 Å². The highest BCUT2D eigenvalue weighted by molar-refractivity contribution is 6.22. The highest BCUT2D eigenvalue weighted by atomic mass is 16.5. The highest BCUT2D eigenvalue weighted by Gasteiger charge is 2.27. The minimum atomic E-state index is -0.198. The van der Waals surface area contributed by atoms with Gasteiger partial charge in [0.15, 0.2) is 5.78 Å². The molecule has 3 aromatic carbocycles. The number of fused-ring (bicyclic) bond motifs is 3. The molecule has 1 aliphatic carbocycles. The van der Waals surface area contributed by atoms with Crippen LogP contribution in [0.3, 0.4) is 0 Å². The van der Waals surface area contributed by atoms with Gasteiger partial charge in [0.2, 0.25) is 0 Å². The smallest absolute Gasteiger partial charge is 0.251 e. The first-order valence-electron chi connectivity index (χ1n) is 9.86. The van der Waals surface area contributed by atoms with Crippen molar-refractivity contribution in [2.45, 2.75) is 6.04 Å². The van der Waals surface area contributed by atoms with Gasteiger partial charge in [-0.15, -0.1) is 0 Å². The second-order valence-electron chi connectivity index (χ2n) is 7.60. The summed E-state index contributed by atoms with van der Waals surface area (Å²) in [6.45, 7) is 0.435. The number of rotatable bonds is 6. The van der Waals surface area contributed by atoms with Gasteiger partial charge >= 0.3 is 0 Å². The lowest BCUT2D eigenvalue weighted by Crippen LogP contribution is -2.34. The number of ether oxygens (including phenoxy) is 1. The average Bonchev–Trinajstić information content (AvgIpc) is 3.05. The Morgan fingerprint density at radius 2 is 1.67 bits per heavy atom. The number of benzene rings is 3. The summed E-state index contributed by atoms with van der Waals surface area (Å²) in [7, 11) is 5.59. The molecule has 1 aliphatic rings. The van der Waals surface area contributed by atoms with Crippen molar-refractivity contribution in [1.29, 1.82) is 0 Å². The molecule has 0 fully saturated rings. The number of ketones is 1. The second kappa shape index (κ2) is 8.13. The molecule has 0 saturated carbocycles. The van der Waals surface area contributed by atoms with Gasteiger partial charge in [-0.1, -0.05) is 42.5 Å². The van der Waals surface area contributed by atoms with E-state index in [1.54, 1.807) is 19.2 Å². The van der Waals surface area contributed by atoms with E-state index >= 15 is 0 Å². The normalized spacial score (nSPS) is 13.0. The van der Waals surface area contributed by atoms with Crippen LogP contribution in [0.4, 0.5) is 0 Å². The van der Waals surface area contributed by atoms with E-state index in [0.29, 0.717) is 23.2 Å². The molecule has 5 heteroatoms. The molecule has 4 rings (SSSR count). The molecule has 0 spiro atoms. The summed E-state index contributed by atoms with van der Waals surface area (Å²) in [5, 5.41) is 3.01. The Morgan fingerprint density at radius 3 is 2.40 bits per heavy atom. The molecule has 1 atom stereocenters. The van der Waals surface area contributed by atoms with Crippen molar-refractivity contribution in [2.24, 2.45) is 0 Å². The largest absolute Gasteiger partial charge is 0.497 e. The van der Waals surface area contributed by atoms with Crippen molar-refractivity contribution in [3.05, 3.63) is 89.0 Å². The molecule has 0 heterocycles. The molecule has 0 bridgehead atoms. The molecule has 152 valence electrons. The zero-order chi connectivity index (χ0) is 21.3. The van der Waals surface area contributed by atoms with E-state index in [2.05, 4.69) is 10.2 Å². The Labute approximate surface area is 176 Å². The lowest BCUT2D eigenvalue weighted by molar-refractivity contribution is 0.0942. The number of hydrogen-bond acceptors (Lipinski definition) is 4. The minimum Gasteiger partial charge on any atom is -0.497 e. The van der Waals surface area contributed by atoms with E-state index < -0.39 is 0 Å². The maximum absolute atomic E-state index is 12.8. The van der Waals surface area contributed by atoms with Crippen molar-refractivity contribution in [3.8, 4) is 16.9 Å². The predicted molar refractivity (Wildman–Crippen MR) is 117 cm³/mol. The summed E-state index contributed by atoms with van der Waals surface area (Å²) in [4.78, 5) is 27.6. The van der Waals surface area contributed by atoms with Crippen molar-refractivity contribution in [1.82, 2.24) is 10.2 Å². The van der Waals surface area contributed by atoms with E-state index in [4.69, 9.17) is 4.74 Å². The topological polar surface area (TPSA) is 58.6 Å². The Balaban J connectivity index is 1.52. The number of hydrogen-bond donors (Lipinski definition) is 1. The van der Waals surface area contributed by atoms with Crippen LogP contribution in [-0.4, -0.2) is 44.3 Å². The van der Waals surface area contributed by atoms with Crippen molar-refractivity contribution in [2.75, 3.05) is 27.7 Å². The van der Waals surface area contributed by atoms with Gasteiger partial charge in [-0.3, -0.25) is 9.59 Å². The van der Waals surface area contributed by atoms with Gasteiger partial charge in [-0.05, 0) is 55.1 Å². The molecule has 0 unspecified atom stereocenters. The summed E-state index contributed by atoms with van der Waals surface area (Å²) in [6, 6.07) is 20.7. The van der Waals surface area contributed by atoms with Crippen molar-refractivity contribution in [3.63, 3.8) is 0 Å². The Bertz CT molecular complexity index is 1120. The summed E-state index contributed by atoms with van der Waals surface area (Å²) in [6.07, 6.45) is 0. The molecule has 0 aliphatic heterocycles. The van der Waals surface area contributed by atoms with Crippen molar-refractivity contribution >= 4 is 11.7 Å². The van der Waals surface area contributed by atoms with Gasteiger partial charge in [0, 0.05) is 23.2 Å². The molecule has 5 nitrogen and oxygen atoms in total. The molecule has 1 N–H and O–H groups in total. The lowest BCUT2D eigenvalue weighted by atomic mass is 10.0. The van der Waals surface area contributed by atoms with Gasteiger partial charge < -0.3 is 15.0 Å². The van der Waals surface area contributed by atoms with Crippen LogP contribution in [0.25, 0.3) is 11.1 Å². The van der Waals surface area contributed by atoms with E-state index in [0.717, 1.165) is 22.4 Å². The van der Waals surface area contributed by atoms with Crippen LogP contribution in [0.5, 0.6) is 5.75 Å². The molecular weight excluding hydrogens is 376 g/mol. The van der Waals surface area contributed by atoms with E-state index in [9.17, 15) is 9.59 Å². The third-order valence-corrected chi connectivity index (χ3v) is 5.55. The fraction of sp³-hybridized carbons (Fsp3) is 0.200. The van der Waals surface area contributed by atoms with Gasteiger partial charge in [0.25, 0.3) is 5.91 Å². The number of amides is 1. The van der Waals surface area contributed by atoms with Crippen LogP contribution in [0, 0.1) is 0 Å². The maximum Gasteiger partial charge on any atom is 0.251 e. The second-order valence-corrected chi connectivity index (χ2v) is 7.60. The van der Waals surface area contributed by atoms with Crippen molar-refractivity contribution < 1.29 is 14.3 Å². The summed E-state index contributed by atoms with van der Waals surface area (Å²) in [5.74, 6) is 0.552. The highest BCUT2D eigenvalue weighted by Crippen LogP contribution is 2.36. The molecule has 1 amide bonds. The fourth-order valence-electron chi connectivity index (χ4n) is 3.91. The number of carbonyl (C=O) groups is 2.